The number of halogens is 2. The zero-order valence-electron chi connectivity index (χ0n) is 17.7. The second kappa shape index (κ2) is 10.7. The number of aliphatic hydroxyl groups is 1. The summed E-state index contributed by atoms with van der Waals surface area (Å²) >= 11 is 6.31. The van der Waals surface area contributed by atoms with Crippen LogP contribution >= 0.6 is 11.6 Å². The third kappa shape index (κ3) is 6.16. The zero-order valence-corrected chi connectivity index (χ0v) is 18.5. The molecule has 4 nitrogen and oxygen atoms in total. The molecule has 2 atom stereocenters. The van der Waals surface area contributed by atoms with Gasteiger partial charge in [-0.15, -0.1) is 0 Å². The molecule has 1 N–H and O–H groups in total. The number of nitrogens with zero attached hydrogens (tertiary/aromatic N) is 2. The minimum absolute atomic E-state index is 0.168. The van der Waals surface area contributed by atoms with Gasteiger partial charge < -0.3 is 9.94 Å². The van der Waals surface area contributed by atoms with E-state index in [-0.39, 0.29) is 11.9 Å². The van der Waals surface area contributed by atoms with Gasteiger partial charge in [0.15, 0.2) is 0 Å². The van der Waals surface area contributed by atoms with Gasteiger partial charge in [-0.05, 0) is 35.7 Å². The van der Waals surface area contributed by atoms with E-state index in [1.165, 1.54) is 12.1 Å². The van der Waals surface area contributed by atoms with Crippen molar-refractivity contribution in [2.75, 3.05) is 13.1 Å². The van der Waals surface area contributed by atoms with Gasteiger partial charge in [0.2, 0.25) is 0 Å². The normalized spacial score (nSPS) is 16.6. The molecule has 1 aliphatic heterocycles. The quantitative estimate of drug-likeness (QED) is 0.492. The molecule has 0 spiro atoms. The molecular formula is C26H26ClFN2O2. The standard InChI is InChI=1S/C26H26ClFN2O2/c27-25-12-5-4-11-24(25)26-15-23(32-29-26)18-30(16-20-9-6-10-21(28)13-20)17-22(31)14-19-7-2-1-3-8-19/h1-13,22-23,31H,14-18H2. The lowest BCUT2D eigenvalue weighted by atomic mass is 10.0. The van der Waals surface area contributed by atoms with Crippen LogP contribution in [0.2, 0.25) is 5.02 Å². The summed E-state index contributed by atoms with van der Waals surface area (Å²) in [5, 5.41) is 15.6. The Kier molecular flexibility index (Phi) is 7.53. The van der Waals surface area contributed by atoms with Gasteiger partial charge in [-0.2, -0.15) is 0 Å². The molecule has 3 aromatic carbocycles. The van der Waals surface area contributed by atoms with Crippen LogP contribution in [0.25, 0.3) is 0 Å². The van der Waals surface area contributed by atoms with E-state index in [0.717, 1.165) is 22.4 Å². The molecule has 0 aliphatic carbocycles. The molecule has 32 heavy (non-hydrogen) atoms. The van der Waals surface area contributed by atoms with E-state index >= 15 is 0 Å². The molecule has 0 amide bonds. The van der Waals surface area contributed by atoms with Gasteiger partial charge in [-0.3, -0.25) is 4.90 Å². The molecule has 1 aliphatic rings. The average Bonchev–Trinajstić information content (AvgIpc) is 3.23. The maximum atomic E-state index is 13.7. The van der Waals surface area contributed by atoms with Crippen molar-refractivity contribution < 1.29 is 14.3 Å². The molecule has 0 radical (unpaired) electrons. The van der Waals surface area contributed by atoms with Crippen LogP contribution in [0.4, 0.5) is 4.39 Å². The van der Waals surface area contributed by atoms with Crippen LogP contribution in [0.1, 0.15) is 23.1 Å². The molecular weight excluding hydrogens is 427 g/mol. The van der Waals surface area contributed by atoms with Crippen LogP contribution in [0.5, 0.6) is 0 Å². The van der Waals surface area contributed by atoms with Crippen molar-refractivity contribution >= 4 is 17.3 Å². The van der Waals surface area contributed by atoms with Crippen molar-refractivity contribution in [2.24, 2.45) is 5.16 Å². The molecule has 0 aromatic heterocycles. The van der Waals surface area contributed by atoms with E-state index in [2.05, 4.69) is 10.1 Å². The second-order valence-electron chi connectivity index (χ2n) is 8.12. The van der Waals surface area contributed by atoms with E-state index in [4.69, 9.17) is 16.4 Å². The highest BCUT2D eigenvalue weighted by Crippen LogP contribution is 2.24. The first-order valence-electron chi connectivity index (χ1n) is 10.7. The number of oxime groups is 1. The third-order valence-electron chi connectivity index (χ3n) is 5.46. The summed E-state index contributed by atoms with van der Waals surface area (Å²) in [6.45, 7) is 1.50. The highest BCUT2D eigenvalue weighted by Gasteiger charge is 2.26. The molecule has 0 fully saturated rings. The first kappa shape index (κ1) is 22.5. The van der Waals surface area contributed by atoms with Crippen molar-refractivity contribution in [3.63, 3.8) is 0 Å². The lowest BCUT2D eigenvalue weighted by molar-refractivity contribution is 0.0322. The maximum absolute atomic E-state index is 13.7. The number of aliphatic hydroxyl groups excluding tert-OH is 1. The van der Waals surface area contributed by atoms with Crippen molar-refractivity contribution in [1.29, 1.82) is 0 Å². The predicted molar refractivity (Wildman–Crippen MR) is 125 cm³/mol. The maximum Gasteiger partial charge on any atom is 0.145 e. The first-order valence-corrected chi connectivity index (χ1v) is 11.1. The highest BCUT2D eigenvalue weighted by molar-refractivity contribution is 6.34. The van der Waals surface area contributed by atoms with Crippen LogP contribution in [-0.4, -0.2) is 41.0 Å². The van der Waals surface area contributed by atoms with Gasteiger partial charge in [0.1, 0.15) is 11.9 Å². The summed E-state index contributed by atoms with van der Waals surface area (Å²) < 4.78 is 13.7. The molecule has 6 heteroatoms. The largest absolute Gasteiger partial charge is 0.391 e. The van der Waals surface area contributed by atoms with Crippen LogP contribution in [0.15, 0.2) is 84.0 Å². The van der Waals surface area contributed by atoms with Gasteiger partial charge >= 0.3 is 0 Å². The third-order valence-corrected chi connectivity index (χ3v) is 5.79. The summed E-state index contributed by atoms with van der Waals surface area (Å²) in [6.07, 6.45) is 0.445. The Bertz CT molecular complexity index is 1060. The second-order valence-corrected chi connectivity index (χ2v) is 8.52. The average molecular weight is 453 g/mol. The molecule has 1 heterocycles. The number of rotatable bonds is 9. The van der Waals surface area contributed by atoms with E-state index in [9.17, 15) is 9.50 Å². The number of hydrogen-bond donors (Lipinski definition) is 1. The Morgan fingerprint density at radius 1 is 1.03 bits per heavy atom. The highest BCUT2D eigenvalue weighted by atomic mass is 35.5. The predicted octanol–water partition coefficient (Wildman–Crippen LogP) is 5.08. The van der Waals surface area contributed by atoms with Crippen molar-refractivity contribution in [3.8, 4) is 0 Å². The minimum atomic E-state index is -0.559. The molecule has 0 bridgehead atoms. The monoisotopic (exact) mass is 452 g/mol. The van der Waals surface area contributed by atoms with Crippen LogP contribution < -0.4 is 0 Å². The van der Waals surface area contributed by atoms with E-state index in [0.29, 0.717) is 37.5 Å². The number of hydrogen-bond acceptors (Lipinski definition) is 4. The van der Waals surface area contributed by atoms with Crippen molar-refractivity contribution in [2.45, 2.75) is 31.6 Å². The summed E-state index contributed by atoms with van der Waals surface area (Å²) in [6, 6.07) is 24.0. The molecule has 2 unspecified atom stereocenters. The smallest absolute Gasteiger partial charge is 0.145 e. The van der Waals surface area contributed by atoms with Crippen molar-refractivity contribution in [3.05, 3.63) is 106 Å². The summed E-state index contributed by atoms with van der Waals surface area (Å²) in [5.74, 6) is -0.270. The van der Waals surface area contributed by atoms with Crippen LogP contribution in [0, 0.1) is 5.82 Å². The topological polar surface area (TPSA) is 45.1 Å². The Balaban J connectivity index is 1.42. The van der Waals surface area contributed by atoms with E-state index in [1.54, 1.807) is 6.07 Å². The summed E-state index contributed by atoms with van der Waals surface area (Å²) in [4.78, 5) is 7.79. The van der Waals surface area contributed by atoms with Crippen LogP contribution in [0.3, 0.4) is 0 Å². The Morgan fingerprint density at radius 3 is 2.56 bits per heavy atom. The fraction of sp³-hybridized carbons (Fsp3) is 0.269. The van der Waals surface area contributed by atoms with Gasteiger partial charge in [0.05, 0.1) is 11.8 Å². The van der Waals surface area contributed by atoms with Crippen molar-refractivity contribution in [1.82, 2.24) is 4.90 Å². The van der Waals surface area contributed by atoms with Crippen LogP contribution in [-0.2, 0) is 17.8 Å². The fourth-order valence-electron chi connectivity index (χ4n) is 4.01. The molecule has 4 rings (SSSR count). The van der Waals surface area contributed by atoms with Gasteiger partial charge in [0.25, 0.3) is 0 Å². The van der Waals surface area contributed by atoms with E-state index in [1.807, 2.05) is 60.7 Å². The lowest BCUT2D eigenvalue weighted by Gasteiger charge is -2.27. The van der Waals surface area contributed by atoms with Gasteiger partial charge in [0, 0.05) is 36.6 Å². The Labute approximate surface area is 192 Å². The lowest BCUT2D eigenvalue weighted by Crippen LogP contribution is -2.38. The molecule has 166 valence electrons. The molecule has 0 saturated heterocycles. The number of benzene rings is 3. The Hall–Kier alpha value is -2.73. The van der Waals surface area contributed by atoms with Gasteiger partial charge in [-0.1, -0.05) is 77.4 Å². The zero-order chi connectivity index (χ0) is 22.3. The van der Waals surface area contributed by atoms with Gasteiger partial charge in [-0.25, -0.2) is 4.39 Å². The summed E-state index contributed by atoms with van der Waals surface area (Å²) in [7, 11) is 0. The Morgan fingerprint density at radius 2 is 1.78 bits per heavy atom. The minimum Gasteiger partial charge on any atom is -0.391 e. The molecule has 0 saturated carbocycles. The molecule has 3 aromatic rings. The first-order chi connectivity index (χ1) is 15.6. The summed E-state index contributed by atoms with van der Waals surface area (Å²) in [5.41, 5.74) is 3.61. The SMILES string of the molecule is OC(Cc1ccccc1)CN(Cc1cccc(F)c1)CC1CC(c2ccccc2Cl)=NO1. The van der Waals surface area contributed by atoms with E-state index < -0.39 is 6.10 Å². The fourth-order valence-corrected chi connectivity index (χ4v) is 4.26.